The highest BCUT2D eigenvalue weighted by Gasteiger charge is 2.40. The van der Waals surface area contributed by atoms with E-state index >= 15 is 4.39 Å². The van der Waals surface area contributed by atoms with Gasteiger partial charge in [-0.2, -0.15) is 18.3 Å². The number of anilines is 1. The minimum absolute atomic E-state index is 0.0469. The van der Waals surface area contributed by atoms with Crippen molar-refractivity contribution >= 4 is 39.1 Å². The summed E-state index contributed by atoms with van der Waals surface area (Å²) < 4.78 is 69.9. The first kappa shape index (κ1) is 35.2. The standard InChI is InChI=1S/C37H31F4N5O4S/c1-22(21-49-3)45(23(2)47)20-24-9-11-25(12-10-24)33-18-30-34(51-33)32(15-16-42-30)50-31-14-13-26(17-29(31)38)44-36(48)28-19-43-46(35(28)37(39,40)41)27-7-5-4-6-8-27/h4-19,22H,20-21H2,1-3H3,(H,44,48)/t22-/m0/s1. The Bertz CT molecular complexity index is 2190. The van der Waals surface area contributed by atoms with Gasteiger partial charge in [0.15, 0.2) is 17.3 Å². The first-order valence-electron chi connectivity index (χ1n) is 15.7. The quantitative estimate of drug-likeness (QED) is 0.135. The molecule has 9 nitrogen and oxygen atoms in total. The Kier molecular flexibility index (Phi) is 10.2. The zero-order valence-electron chi connectivity index (χ0n) is 27.6. The molecule has 0 aliphatic carbocycles. The van der Waals surface area contributed by atoms with Crippen LogP contribution in [0.2, 0.25) is 0 Å². The average molecular weight is 718 g/mol. The van der Waals surface area contributed by atoms with Gasteiger partial charge in [-0.05, 0) is 48.4 Å². The van der Waals surface area contributed by atoms with E-state index in [1.54, 1.807) is 36.3 Å². The van der Waals surface area contributed by atoms with Gasteiger partial charge in [0.05, 0.1) is 40.3 Å². The summed E-state index contributed by atoms with van der Waals surface area (Å²) in [4.78, 5) is 32.3. The Labute approximate surface area is 294 Å². The second-order valence-electron chi connectivity index (χ2n) is 11.6. The number of fused-ring (bicyclic) bond motifs is 1. The maximum Gasteiger partial charge on any atom is 0.434 e. The van der Waals surface area contributed by atoms with Crippen molar-refractivity contribution in [1.82, 2.24) is 19.7 Å². The van der Waals surface area contributed by atoms with Gasteiger partial charge in [0, 0.05) is 49.5 Å². The number of benzene rings is 3. The molecule has 0 fully saturated rings. The SMILES string of the molecule is COC[C@H](C)N(Cc1ccc(-c2cc3nccc(Oc4ccc(NC(=O)c5cnn(-c6ccccc6)c5C(F)(F)F)cc4F)c3s2)cc1)C(C)=O. The van der Waals surface area contributed by atoms with Crippen LogP contribution in [0.25, 0.3) is 26.3 Å². The molecule has 6 aromatic rings. The van der Waals surface area contributed by atoms with Gasteiger partial charge in [-0.25, -0.2) is 9.07 Å². The normalized spacial score (nSPS) is 12.1. The minimum Gasteiger partial charge on any atom is -0.453 e. The molecule has 2 amide bonds. The highest BCUT2D eigenvalue weighted by Crippen LogP contribution is 2.40. The molecule has 0 spiro atoms. The molecule has 6 rings (SSSR count). The molecule has 3 heterocycles. The van der Waals surface area contributed by atoms with Crippen molar-refractivity contribution in [1.29, 1.82) is 0 Å². The maximum atomic E-state index is 15.3. The molecule has 0 aliphatic rings. The number of aromatic nitrogens is 3. The molecule has 1 atom stereocenters. The summed E-state index contributed by atoms with van der Waals surface area (Å²) in [5, 5.41) is 6.12. The average Bonchev–Trinajstić information content (AvgIpc) is 3.75. The fourth-order valence-electron chi connectivity index (χ4n) is 5.55. The van der Waals surface area contributed by atoms with Crippen LogP contribution in [0.1, 0.15) is 35.5 Å². The zero-order valence-corrected chi connectivity index (χ0v) is 28.4. The molecule has 51 heavy (non-hydrogen) atoms. The molecule has 0 saturated heterocycles. The third kappa shape index (κ3) is 7.76. The van der Waals surface area contributed by atoms with Crippen molar-refractivity contribution in [3.8, 4) is 27.6 Å². The molecule has 0 saturated carbocycles. The number of hydrogen-bond acceptors (Lipinski definition) is 7. The third-order valence-electron chi connectivity index (χ3n) is 8.00. The summed E-state index contributed by atoms with van der Waals surface area (Å²) in [5.41, 5.74) is 0.578. The number of thiophene rings is 1. The topological polar surface area (TPSA) is 98.6 Å². The van der Waals surface area contributed by atoms with Gasteiger partial charge in [-0.15, -0.1) is 11.3 Å². The number of ether oxygens (including phenoxy) is 2. The maximum absolute atomic E-state index is 15.3. The third-order valence-corrected chi connectivity index (χ3v) is 9.19. The lowest BCUT2D eigenvalue weighted by atomic mass is 10.1. The summed E-state index contributed by atoms with van der Waals surface area (Å²) in [7, 11) is 1.60. The van der Waals surface area contributed by atoms with Crippen LogP contribution in [0, 0.1) is 5.82 Å². The molecule has 3 aromatic carbocycles. The molecule has 1 N–H and O–H groups in total. The van der Waals surface area contributed by atoms with Crippen LogP contribution >= 0.6 is 11.3 Å². The lowest BCUT2D eigenvalue weighted by molar-refractivity contribution is -0.143. The van der Waals surface area contributed by atoms with Crippen LogP contribution in [0.4, 0.5) is 23.2 Å². The van der Waals surface area contributed by atoms with Crippen molar-refractivity contribution in [3.63, 3.8) is 0 Å². The Balaban J connectivity index is 1.18. The molecule has 0 unspecified atom stereocenters. The van der Waals surface area contributed by atoms with E-state index in [1.807, 2.05) is 37.3 Å². The number of carbonyl (C=O) groups excluding carboxylic acids is 2. The number of alkyl halides is 3. The summed E-state index contributed by atoms with van der Waals surface area (Å²) >= 11 is 1.40. The van der Waals surface area contributed by atoms with Crippen molar-refractivity contribution in [2.24, 2.45) is 0 Å². The molecule has 0 aliphatic heterocycles. The van der Waals surface area contributed by atoms with Gasteiger partial charge in [0.1, 0.15) is 5.75 Å². The number of para-hydroxylation sites is 1. The van der Waals surface area contributed by atoms with E-state index in [0.717, 1.165) is 28.3 Å². The lowest BCUT2D eigenvalue weighted by Crippen LogP contribution is -2.39. The Morgan fingerprint density at radius 1 is 1.00 bits per heavy atom. The minimum atomic E-state index is -4.90. The van der Waals surface area contributed by atoms with E-state index in [0.29, 0.717) is 33.8 Å². The predicted molar refractivity (Wildman–Crippen MR) is 186 cm³/mol. The van der Waals surface area contributed by atoms with E-state index in [2.05, 4.69) is 15.4 Å². The summed E-state index contributed by atoms with van der Waals surface area (Å²) in [5.74, 6) is -1.82. The number of nitrogens with one attached hydrogen (secondary N) is 1. The number of nitrogens with zero attached hydrogens (tertiary/aromatic N) is 4. The van der Waals surface area contributed by atoms with Gasteiger partial charge in [-0.1, -0.05) is 42.5 Å². The van der Waals surface area contributed by atoms with Crippen LogP contribution in [0.15, 0.2) is 97.3 Å². The number of pyridine rings is 1. The van der Waals surface area contributed by atoms with E-state index in [4.69, 9.17) is 9.47 Å². The predicted octanol–water partition coefficient (Wildman–Crippen LogP) is 8.73. The highest BCUT2D eigenvalue weighted by molar-refractivity contribution is 7.22. The van der Waals surface area contributed by atoms with Gasteiger partial charge in [0.2, 0.25) is 5.91 Å². The fraction of sp³-hybridized carbons (Fsp3) is 0.189. The summed E-state index contributed by atoms with van der Waals surface area (Å²) in [6, 6.07) is 22.4. The lowest BCUT2D eigenvalue weighted by Gasteiger charge is -2.27. The van der Waals surface area contributed by atoms with E-state index in [1.165, 1.54) is 48.7 Å². The first-order valence-corrected chi connectivity index (χ1v) is 16.5. The number of amides is 2. The number of methoxy groups -OCH3 is 1. The van der Waals surface area contributed by atoms with E-state index in [9.17, 15) is 22.8 Å². The van der Waals surface area contributed by atoms with Crippen molar-refractivity contribution < 1.29 is 36.6 Å². The number of halogens is 4. The molecule has 3 aromatic heterocycles. The molecule has 0 radical (unpaired) electrons. The van der Waals surface area contributed by atoms with Crippen molar-refractivity contribution in [3.05, 3.63) is 120 Å². The summed E-state index contributed by atoms with van der Waals surface area (Å²) in [6.07, 6.45) is -2.54. The van der Waals surface area contributed by atoms with Crippen molar-refractivity contribution in [2.75, 3.05) is 19.0 Å². The Morgan fingerprint density at radius 2 is 1.75 bits per heavy atom. The van der Waals surface area contributed by atoms with E-state index in [-0.39, 0.29) is 29.1 Å². The number of hydrogen-bond donors (Lipinski definition) is 1. The highest BCUT2D eigenvalue weighted by atomic mass is 32.1. The first-order chi connectivity index (χ1) is 24.4. The molecule has 262 valence electrons. The van der Waals surface area contributed by atoms with Crippen LogP contribution < -0.4 is 10.1 Å². The van der Waals surface area contributed by atoms with Crippen LogP contribution in [0.3, 0.4) is 0 Å². The van der Waals surface area contributed by atoms with E-state index < -0.39 is 29.2 Å². The molecular weight excluding hydrogens is 686 g/mol. The second kappa shape index (κ2) is 14.7. The largest absolute Gasteiger partial charge is 0.453 e. The molecular formula is C37H31F4N5O4S. The van der Waals surface area contributed by atoms with Crippen LogP contribution in [-0.2, 0) is 22.3 Å². The number of rotatable bonds is 11. The van der Waals surface area contributed by atoms with Crippen LogP contribution in [0.5, 0.6) is 11.5 Å². The van der Waals surface area contributed by atoms with Crippen LogP contribution in [-0.4, -0.2) is 51.2 Å². The Hall–Kier alpha value is -5.60. The monoisotopic (exact) mass is 717 g/mol. The fourth-order valence-corrected chi connectivity index (χ4v) is 6.62. The molecule has 14 heteroatoms. The smallest absolute Gasteiger partial charge is 0.434 e. The van der Waals surface area contributed by atoms with Gasteiger partial charge < -0.3 is 19.7 Å². The van der Waals surface area contributed by atoms with Crippen molar-refractivity contribution in [2.45, 2.75) is 32.6 Å². The van der Waals surface area contributed by atoms with Gasteiger partial charge >= 0.3 is 6.18 Å². The number of carbonyl (C=O) groups is 2. The van der Waals surface area contributed by atoms with Gasteiger partial charge in [-0.3, -0.25) is 14.6 Å². The molecule has 0 bridgehead atoms. The zero-order chi connectivity index (χ0) is 36.3. The Morgan fingerprint density at radius 3 is 2.41 bits per heavy atom. The van der Waals surface area contributed by atoms with Gasteiger partial charge in [0.25, 0.3) is 5.91 Å². The second-order valence-corrected chi connectivity index (χ2v) is 12.7. The summed E-state index contributed by atoms with van der Waals surface area (Å²) in [6.45, 7) is 4.33.